The maximum Gasteiger partial charge on any atom is 0.154 e. The molecule has 0 N–H and O–H groups in total. The Morgan fingerprint density at radius 1 is 1.12 bits per heavy atom. The van der Waals surface area contributed by atoms with Crippen molar-refractivity contribution in [2.75, 3.05) is 7.11 Å². The first-order chi connectivity index (χ1) is 7.70. The molecule has 4 heteroatoms. The van der Waals surface area contributed by atoms with Gasteiger partial charge in [0.1, 0.15) is 5.75 Å². The first kappa shape index (κ1) is 10.9. The highest BCUT2D eigenvalue weighted by Crippen LogP contribution is 2.22. The van der Waals surface area contributed by atoms with Gasteiger partial charge in [0.2, 0.25) is 0 Å². The van der Waals surface area contributed by atoms with Crippen molar-refractivity contribution in [3.8, 4) is 17.0 Å². The van der Waals surface area contributed by atoms with Crippen LogP contribution in [0.2, 0.25) is 5.15 Å². The van der Waals surface area contributed by atoms with Crippen LogP contribution in [0.5, 0.6) is 5.75 Å². The Morgan fingerprint density at radius 3 is 2.38 bits per heavy atom. The van der Waals surface area contributed by atoms with Gasteiger partial charge >= 0.3 is 0 Å². The van der Waals surface area contributed by atoms with Crippen LogP contribution in [0.4, 0.5) is 0 Å². The summed E-state index contributed by atoms with van der Waals surface area (Å²) in [5.74, 6) is 0.822. The van der Waals surface area contributed by atoms with E-state index in [0.29, 0.717) is 5.15 Å². The van der Waals surface area contributed by atoms with Crippen molar-refractivity contribution in [2.45, 2.75) is 6.92 Å². The fourth-order valence-electron chi connectivity index (χ4n) is 1.37. The van der Waals surface area contributed by atoms with E-state index in [0.717, 1.165) is 22.6 Å². The third-order valence-electron chi connectivity index (χ3n) is 2.31. The highest BCUT2D eigenvalue weighted by atomic mass is 35.5. The fourth-order valence-corrected chi connectivity index (χ4v) is 1.47. The summed E-state index contributed by atoms with van der Waals surface area (Å²) < 4.78 is 5.09. The fraction of sp³-hybridized carbons (Fsp3) is 0.167. The number of rotatable bonds is 2. The monoisotopic (exact) mass is 234 g/mol. The van der Waals surface area contributed by atoms with Crippen LogP contribution in [0.25, 0.3) is 11.3 Å². The topological polar surface area (TPSA) is 35.0 Å². The van der Waals surface area contributed by atoms with Crippen molar-refractivity contribution < 1.29 is 4.74 Å². The molecule has 0 fully saturated rings. The quantitative estimate of drug-likeness (QED) is 0.801. The standard InChI is InChI=1S/C12H11ClN2O/c1-8-7-11(14-15-12(8)13)9-3-5-10(16-2)6-4-9/h3-7H,1-2H3. The number of aryl methyl sites for hydroxylation is 1. The Bertz CT molecular complexity index is 497. The third kappa shape index (κ3) is 2.14. The predicted octanol–water partition coefficient (Wildman–Crippen LogP) is 3.11. The average Bonchev–Trinajstić information content (AvgIpc) is 2.33. The lowest BCUT2D eigenvalue weighted by molar-refractivity contribution is 0.415. The number of aromatic nitrogens is 2. The summed E-state index contributed by atoms with van der Waals surface area (Å²) in [4.78, 5) is 0. The maximum absolute atomic E-state index is 5.82. The minimum Gasteiger partial charge on any atom is -0.497 e. The van der Waals surface area contributed by atoms with E-state index in [1.807, 2.05) is 37.3 Å². The van der Waals surface area contributed by atoms with Crippen LogP contribution in [-0.4, -0.2) is 17.3 Å². The van der Waals surface area contributed by atoms with E-state index >= 15 is 0 Å². The first-order valence-electron chi connectivity index (χ1n) is 4.85. The zero-order valence-corrected chi connectivity index (χ0v) is 9.82. The summed E-state index contributed by atoms with van der Waals surface area (Å²) in [5, 5.41) is 8.37. The molecule has 0 unspecified atom stereocenters. The second kappa shape index (κ2) is 4.49. The Morgan fingerprint density at radius 2 is 1.81 bits per heavy atom. The number of halogens is 1. The van der Waals surface area contributed by atoms with Crippen molar-refractivity contribution in [2.24, 2.45) is 0 Å². The van der Waals surface area contributed by atoms with Gasteiger partial charge in [0.15, 0.2) is 5.15 Å². The maximum atomic E-state index is 5.82. The molecule has 16 heavy (non-hydrogen) atoms. The molecule has 0 saturated heterocycles. The molecule has 3 nitrogen and oxygen atoms in total. The van der Waals surface area contributed by atoms with Gasteiger partial charge in [-0.3, -0.25) is 0 Å². The molecule has 2 rings (SSSR count). The van der Waals surface area contributed by atoms with Gasteiger partial charge in [0.05, 0.1) is 12.8 Å². The van der Waals surface area contributed by atoms with Crippen molar-refractivity contribution in [1.29, 1.82) is 0 Å². The molecular weight excluding hydrogens is 224 g/mol. The third-order valence-corrected chi connectivity index (χ3v) is 2.68. The Labute approximate surface area is 99.0 Å². The van der Waals surface area contributed by atoms with Gasteiger partial charge in [-0.1, -0.05) is 11.6 Å². The van der Waals surface area contributed by atoms with Crippen LogP contribution in [0.15, 0.2) is 30.3 Å². The lowest BCUT2D eigenvalue weighted by Crippen LogP contribution is -1.91. The van der Waals surface area contributed by atoms with E-state index in [4.69, 9.17) is 16.3 Å². The Hall–Kier alpha value is -1.61. The number of nitrogens with zero attached hydrogens (tertiary/aromatic N) is 2. The van der Waals surface area contributed by atoms with E-state index < -0.39 is 0 Å². The average molecular weight is 235 g/mol. The van der Waals surface area contributed by atoms with E-state index in [1.165, 1.54) is 0 Å². The molecule has 0 amide bonds. The summed E-state index contributed by atoms with van der Waals surface area (Å²) in [6.07, 6.45) is 0. The van der Waals surface area contributed by atoms with E-state index in [9.17, 15) is 0 Å². The van der Waals surface area contributed by atoms with E-state index in [2.05, 4.69) is 10.2 Å². The van der Waals surface area contributed by atoms with Crippen LogP contribution in [0.1, 0.15) is 5.56 Å². The predicted molar refractivity (Wildman–Crippen MR) is 63.8 cm³/mol. The molecule has 0 saturated carbocycles. The molecule has 0 radical (unpaired) electrons. The zero-order chi connectivity index (χ0) is 11.5. The summed E-state index contributed by atoms with van der Waals surface area (Å²) in [5.41, 5.74) is 2.72. The Balaban J connectivity index is 2.38. The van der Waals surface area contributed by atoms with Gasteiger partial charge in [0, 0.05) is 5.56 Å². The lowest BCUT2D eigenvalue weighted by atomic mass is 10.1. The minimum absolute atomic E-state index is 0.442. The second-order valence-corrected chi connectivity index (χ2v) is 3.79. The smallest absolute Gasteiger partial charge is 0.154 e. The van der Waals surface area contributed by atoms with Gasteiger partial charge in [-0.2, -0.15) is 0 Å². The van der Waals surface area contributed by atoms with Crippen molar-refractivity contribution in [3.05, 3.63) is 41.0 Å². The van der Waals surface area contributed by atoms with Crippen LogP contribution >= 0.6 is 11.6 Å². The zero-order valence-electron chi connectivity index (χ0n) is 9.07. The molecule has 0 atom stereocenters. The molecule has 0 aliphatic carbocycles. The van der Waals surface area contributed by atoms with E-state index in [-0.39, 0.29) is 0 Å². The van der Waals surface area contributed by atoms with Gasteiger partial charge < -0.3 is 4.74 Å². The largest absolute Gasteiger partial charge is 0.497 e. The number of hydrogen-bond acceptors (Lipinski definition) is 3. The Kier molecular flexibility index (Phi) is 3.06. The summed E-state index contributed by atoms with van der Waals surface area (Å²) >= 11 is 5.82. The summed E-state index contributed by atoms with van der Waals surface area (Å²) in [7, 11) is 1.64. The molecule has 1 aromatic heterocycles. The second-order valence-electron chi connectivity index (χ2n) is 3.43. The van der Waals surface area contributed by atoms with Crippen LogP contribution in [0, 0.1) is 6.92 Å². The number of ether oxygens (including phenoxy) is 1. The first-order valence-corrected chi connectivity index (χ1v) is 5.23. The van der Waals surface area contributed by atoms with Gasteiger partial charge in [-0.15, -0.1) is 10.2 Å². The van der Waals surface area contributed by atoms with Gasteiger partial charge in [-0.25, -0.2) is 0 Å². The SMILES string of the molecule is COc1ccc(-c2cc(C)c(Cl)nn2)cc1. The van der Waals surface area contributed by atoms with Crippen LogP contribution < -0.4 is 4.74 Å². The van der Waals surface area contributed by atoms with Gasteiger partial charge in [-0.05, 0) is 42.8 Å². The molecule has 0 spiro atoms. The molecular formula is C12H11ClN2O. The summed E-state index contributed by atoms with van der Waals surface area (Å²) in [6.45, 7) is 1.91. The minimum atomic E-state index is 0.442. The molecule has 0 bridgehead atoms. The van der Waals surface area contributed by atoms with Gasteiger partial charge in [0.25, 0.3) is 0 Å². The molecule has 2 aromatic rings. The highest BCUT2D eigenvalue weighted by Gasteiger charge is 2.03. The molecule has 0 aliphatic rings. The van der Waals surface area contributed by atoms with Crippen LogP contribution in [-0.2, 0) is 0 Å². The van der Waals surface area contributed by atoms with Crippen LogP contribution in [0.3, 0.4) is 0 Å². The number of hydrogen-bond donors (Lipinski definition) is 0. The normalized spacial score (nSPS) is 10.2. The van der Waals surface area contributed by atoms with Crippen molar-refractivity contribution >= 4 is 11.6 Å². The lowest BCUT2D eigenvalue weighted by Gasteiger charge is -2.03. The summed E-state index contributed by atoms with van der Waals surface area (Å²) in [6, 6.07) is 9.57. The molecule has 82 valence electrons. The molecule has 0 aliphatic heterocycles. The van der Waals surface area contributed by atoms with E-state index in [1.54, 1.807) is 7.11 Å². The molecule has 1 heterocycles. The van der Waals surface area contributed by atoms with Crippen molar-refractivity contribution in [3.63, 3.8) is 0 Å². The highest BCUT2D eigenvalue weighted by molar-refractivity contribution is 6.30. The number of benzene rings is 1. The number of methoxy groups -OCH3 is 1. The molecule has 1 aromatic carbocycles. The van der Waals surface area contributed by atoms with Crippen molar-refractivity contribution in [1.82, 2.24) is 10.2 Å².